The van der Waals surface area contributed by atoms with Crippen molar-refractivity contribution in [1.29, 1.82) is 5.26 Å². The third-order valence-electron chi connectivity index (χ3n) is 8.77. The summed E-state index contributed by atoms with van der Waals surface area (Å²) in [5, 5.41) is 21.4. The first kappa shape index (κ1) is 27.1. The molecule has 2 aromatic carbocycles. The number of aromatic nitrogens is 2. The third-order valence-corrected chi connectivity index (χ3v) is 8.77. The molecule has 0 spiro atoms. The molecule has 0 bridgehead atoms. The number of nitriles is 1. The second-order valence-electron chi connectivity index (χ2n) is 11.4. The highest BCUT2D eigenvalue weighted by Gasteiger charge is 2.37. The van der Waals surface area contributed by atoms with E-state index in [4.69, 9.17) is 19.4 Å². The van der Waals surface area contributed by atoms with Crippen molar-refractivity contribution in [2.75, 3.05) is 44.7 Å². The lowest BCUT2D eigenvalue weighted by atomic mass is 9.87. The van der Waals surface area contributed by atoms with Crippen molar-refractivity contribution < 1.29 is 19.4 Å². The lowest BCUT2D eigenvalue weighted by Gasteiger charge is -2.41. The second kappa shape index (κ2) is 11.4. The van der Waals surface area contributed by atoms with E-state index in [1.54, 1.807) is 0 Å². The predicted molar refractivity (Wildman–Crippen MR) is 154 cm³/mol. The highest BCUT2D eigenvalue weighted by atomic mass is 16.5. The van der Waals surface area contributed by atoms with Gasteiger partial charge < -0.3 is 29.3 Å². The number of amides is 1. The van der Waals surface area contributed by atoms with E-state index in [9.17, 15) is 15.2 Å². The summed E-state index contributed by atoms with van der Waals surface area (Å²) < 4.78 is 12.9. The van der Waals surface area contributed by atoms with E-state index in [2.05, 4.69) is 60.2 Å². The fourth-order valence-electron chi connectivity index (χ4n) is 6.51. The number of nitrogens with zero attached hydrogens (tertiary/aromatic N) is 6. The number of carboxylic acid groups (broad SMARTS) is 1. The molecule has 4 atom stereocenters. The Morgan fingerprint density at radius 1 is 1.15 bits per heavy atom. The van der Waals surface area contributed by atoms with E-state index in [1.165, 1.54) is 10.3 Å². The van der Waals surface area contributed by atoms with Gasteiger partial charge in [0, 0.05) is 37.2 Å². The third kappa shape index (κ3) is 5.34. The van der Waals surface area contributed by atoms with Crippen molar-refractivity contribution in [3.63, 3.8) is 0 Å². The molecule has 3 aliphatic heterocycles. The average molecular weight is 557 g/mol. The molecule has 3 aliphatic rings. The first-order valence-electron chi connectivity index (χ1n) is 14.4. The van der Waals surface area contributed by atoms with Crippen LogP contribution in [-0.2, 0) is 6.42 Å². The van der Waals surface area contributed by atoms with Crippen LogP contribution in [0.2, 0.25) is 0 Å². The number of benzene rings is 2. The Hall–Kier alpha value is -4.10. The van der Waals surface area contributed by atoms with Gasteiger partial charge in [0.1, 0.15) is 18.5 Å². The van der Waals surface area contributed by atoms with Gasteiger partial charge in [-0.05, 0) is 43.6 Å². The Kier molecular flexibility index (Phi) is 7.54. The summed E-state index contributed by atoms with van der Waals surface area (Å²) in [6, 6.07) is 16.9. The SMILES string of the molecule is CC1Cc2c(nc(OCC3CCCN3C)nc2N2CCN(C(=O)O)[C@@H](CC#N)C2)OC1c1cccc2ccccc12. The van der Waals surface area contributed by atoms with Gasteiger partial charge in [-0.3, -0.25) is 0 Å². The number of piperazine rings is 1. The van der Waals surface area contributed by atoms with E-state index in [1.807, 2.05) is 12.1 Å². The highest BCUT2D eigenvalue weighted by Crippen LogP contribution is 2.43. The number of rotatable bonds is 6. The number of likely N-dealkylation sites (N-methyl/N-ethyl adjacent to an activating group) is 1. The number of carbonyl (C=O) groups is 1. The molecule has 3 aromatic rings. The van der Waals surface area contributed by atoms with Crippen molar-refractivity contribution in [3.8, 4) is 18.0 Å². The topological polar surface area (TPSA) is 115 Å². The first-order chi connectivity index (χ1) is 19.9. The minimum Gasteiger partial charge on any atom is -0.469 e. The molecule has 0 radical (unpaired) electrons. The standard InChI is InChI=1S/C31H36N6O4/c1-20-17-26-28(36-15-16-37(31(38)39)22(18-36)12-13-32)33-30(40-19-23-9-6-14-35(23)2)34-29(26)41-27(20)25-11-5-8-21-7-3-4-10-24(21)25/h3-5,7-8,10-11,20,22-23,27H,6,9,12,14-19H2,1-2H3,(H,38,39)/t20?,22-,23?,27?/m0/s1. The Bertz CT molecular complexity index is 1470. The van der Waals surface area contributed by atoms with Crippen molar-refractivity contribution in [1.82, 2.24) is 19.8 Å². The summed E-state index contributed by atoms with van der Waals surface area (Å²) in [4.78, 5) is 27.2. The van der Waals surface area contributed by atoms with E-state index in [0.29, 0.717) is 50.4 Å². The zero-order valence-corrected chi connectivity index (χ0v) is 23.6. The number of anilines is 1. The molecule has 4 heterocycles. The summed E-state index contributed by atoms with van der Waals surface area (Å²) in [6.45, 7) is 4.84. The van der Waals surface area contributed by atoms with Crippen molar-refractivity contribution in [2.24, 2.45) is 5.92 Å². The Morgan fingerprint density at radius 3 is 2.76 bits per heavy atom. The molecule has 3 unspecified atom stereocenters. The zero-order valence-electron chi connectivity index (χ0n) is 23.6. The maximum Gasteiger partial charge on any atom is 0.407 e. The van der Waals surface area contributed by atoms with Gasteiger partial charge in [0.2, 0.25) is 5.88 Å². The largest absolute Gasteiger partial charge is 0.469 e. The van der Waals surface area contributed by atoms with Gasteiger partial charge in [-0.1, -0.05) is 49.4 Å². The molecule has 10 heteroatoms. The van der Waals surface area contributed by atoms with Crippen LogP contribution >= 0.6 is 0 Å². The summed E-state index contributed by atoms with van der Waals surface area (Å²) in [6.07, 6.45) is 1.83. The van der Waals surface area contributed by atoms with Crippen molar-refractivity contribution >= 4 is 22.7 Å². The minimum absolute atomic E-state index is 0.115. The van der Waals surface area contributed by atoms with Gasteiger partial charge in [-0.2, -0.15) is 15.2 Å². The van der Waals surface area contributed by atoms with E-state index in [-0.39, 0.29) is 24.5 Å². The van der Waals surface area contributed by atoms with Gasteiger partial charge >= 0.3 is 12.1 Å². The number of fused-ring (bicyclic) bond motifs is 2. The molecule has 10 nitrogen and oxygen atoms in total. The minimum atomic E-state index is -1.01. The van der Waals surface area contributed by atoms with E-state index in [0.717, 1.165) is 35.9 Å². The van der Waals surface area contributed by atoms with Crippen LogP contribution in [0.15, 0.2) is 42.5 Å². The number of likely N-dealkylation sites (tertiary alicyclic amines) is 1. The van der Waals surface area contributed by atoms with Crippen LogP contribution in [0, 0.1) is 17.2 Å². The molecule has 2 saturated heterocycles. The molecular weight excluding hydrogens is 520 g/mol. The first-order valence-corrected chi connectivity index (χ1v) is 14.4. The number of hydrogen-bond donors (Lipinski definition) is 1. The molecule has 0 aliphatic carbocycles. The van der Waals surface area contributed by atoms with Crippen LogP contribution in [0.3, 0.4) is 0 Å². The zero-order chi connectivity index (χ0) is 28.5. The van der Waals surface area contributed by atoms with Gasteiger partial charge in [-0.25, -0.2) is 4.79 Å². The second-order valence-corrected chi connectivity index (χ2v) is 11.4. The lowest BCUT2D eigenvalue weighted by molar-refractivity contribution is 0.111. The summed E-state index contributed by atoms with van der Waals surface area (Å²) in [5.74, 6) is 1.36. The molecule has 1 aromatic heterocycles. The molecule has 1 amide bonds. The van der Waals surface area contributed by atoms with Crippen LogP contribution in [0.25, 0.3) is 10.8 Å². The Morgan fingerprint density at radius 2 is 1.98 bits per heavy atom. The van der Waals surface area contributed by atoms with E-state index < -0.39 is 12.1 Å². The molecule has 0 saturated carbocycles. The Balaban J connectivity index is 1.36. The number of hydrogen-bond acceptors (Lipinski definition) is 8. The van der Waals surface area contributed by atoms with Gasteiger partial charge in [0.15, 0.2) is 0 Å². The Labute approximate surface area is 240 Å². The summed E-state index contributed by atoms with van der Waals surface area (Å²) in [5.41, 5.74) is 2.03. The molecular formula is C31H36N6O4. The van der Waals surface area contributed by atoms with Crippen molar-refractivity contribution in [3.05, 3.63) is 53.6 Å². The number of ether oxygens (including phenoxy) is 2. The van der Waals surface area contributed by atoms with E-state index >= 15 is 0 Å². The highest BCUT2D eigenvalue weighted by molar-refractivity contribution is 5.86. The molecule has 214 valence electrons. The smallest absolute Gasteiger partial charge is 0.407 e. The fourth-order valence-corrected chi connectivity index (χ4v) is 6.51. The van der Waals surface area contributed by atoms with Crippen LogP contribution in [0.5, 0.6) is 11.9 Å². The normalized spacial score (nSPS) is 24.5. The van der Waals surface area contributed by atoms with Crippen LogP contribution in [-0.4, -0.2) is 82.9 Å². The molecule has 2 fully saturated rings. The quantitative estimate of drug-likeness (QED) is 0.469. The van der Waals surface area contributed by atoms with Gasteiger partial charge in [0.25, 0.3) is 0 Å². The average Bonchev–Trinajstić information content (AvgIpc) is 3.39. The monoisotopic (exact) mass is 556 g/mol. The summed E-state index contributed by atoms with van der Waals surface area (Å²) in [7, 11) is 2.11. The van der Waals surface area contributed by atoms with Crippen LogP contribution in [0.4, 0.5) is 10.6 Å². The predicted octanol–water partition coefficient (Wildman–Crippen LogP) is 4.50. The van der Waals surface area contributed by atoms with Crippen LogP contribution in [0.1, 0.15) is 43.4 Å². The van der Waals surface area contributed by atoms with Crippen molar-refractivity contribution in [2.45, 2.75) is 50.8 Å². The summed E-state index contributed by atoms with van der Waals surface area (Å²) >= 11 is 0. The molecule has 1 N–H and O–H groups in total. The molecule has 6 rings (SSSR count). The lowest BCUT2D eigenvalue weighted by Crippen LogP contribution is -2.55. The maximum absolute atomic E-state index is 11.8. The van der Waals surface area contributed by atoms with Crippen LogP contribution < -0.4 is 14.4 Å². The fraction of sp³-hybridized carbons (Fsp3) is 0.484. The molecule has 41 heavy (non-hydrogen) atoms. The van der Waals surface area contributed by atoms with Gasteiger partial charge in [-0.15, -0.1) is 0 Å². The van der Waals surface area contributed by atoms with Gasteiger partial charge in [0.05, 0.1) is 24.1 Å². The maximum atomic E-state index is 11.8.